The van der Waals surface area contributed by atoms with Gasteiger partial charge in [0.1, 0.15) is 6.10 Å². The van der Waals surface area contributed by atoms with Crippen molar-refractivity contribution in [3.8, 4) is 0 Å². The minimum atomic E-state index is -1.99. The molecule has 7 nitrogen and oxygen atoms in total. The van der Waals surface area contributed by atoms with Crippen molar-refractivity contribution in [2.75, 3.05) is 19.7 Å². The molecule has 0 radical (unpaired) electrons. The van der Waals surface area contributed by atoms with Crippen LogP contribution < -0.4 is 0 Å². The number of aryl methyl sites for hydroxylation is 2. The molecular weight excluding hydrogens is 568 g/mol. The van der Waals surface area contributed by atoms with Gasteiger partial charge in [0, 0.05) is 25.9 Å². The van der Waals surface area contributed by atoms with Crippen LogP contribution in [0.2, 0.25) is 18.1 Å². The van der Waals surface area contributed by atoms with Gasteiger partial charge in [-0.3, -0.25) is 4.79 Å². The van der Waals surface area contributed by atoms with E-state index in [9.17, 15) is 9.59 Å². The van der Waals surface area contributed by atoms with Gasteiger partial charge in [0.25, 0.3) is 5.91 Å². The molecule has 0 unspecified atom stereocenters. The van der Waals surface area contributed by atoms with Gasteiger partial charge < -0.3 is 18.9 Å². The van der Waals surface area contributed by atoms with Crippen molar-refractivity contribution in [3.05, 3.63) is 71.3 Å². The normalized spacial score (nSPS) is 16.3. The molecule has 1 aromatic rings. The number of amides is 1. The number of piperidine rings is 1. The Morgan fingerprint density at radius 1 is 1.11 bits per heavy atom. The fourth-order valence-corrected chi connectivity index (χ4v) is 6.29. The summed E-state index contributed by atoms with van der Waals surface area (Å²) in [5, 5.41) is 4.52. The number of oxime groups is 1. The van der Waals surface area contributed by atoms with Crippen molar-refractivity contribution in [2.24, 2.45) is 5.16 Å². The highest BCUT2D eigenvalue weighted by atomic mass is 28.4. The molecule has 0 saturated carbocycles. The van der Waals surface area contributed by atoms with Crippen LogP contribution in [0.4, 0.5) is 0 Å². The zero-order valence-electron chi connectivity index (χ0n) is 28.7. The Morgan fingerprint density at radius 2 is 1.80 bits per heavy atom. The van der Waals surface area contributed by atoms with Crippen molar-refractivity contribution >= 4 is 25.9 Å². The first kappa shape index (κ1) is 37.2. The molecule has 0 N–H and O–H groups in total. The zero-order chi connectivity index (χ0) is 32.9. The average Bonchev–Trinajstić information content (AvgIpc) is 2.92. The third-order valence-corrected chi connectivity index (χ3v) is 12.9. The molecule has 8 heteroatoms. The van der Waals surface area contributed by atoms with Crippen LogP contribution in [-0.2, 0) is 25.2 Å². The molecule has 0 bridgehead atoms. The fourth-order valence-electron chi connectivity index (χ4n) is 5.01. The SMILES string of the molecule is C=CC[C@@H](C)OC(=O)c1c(C)cc(C)cc1CC(/C=C/C[C@@H](/C=C/C)O[Si](C)(C)C(C)(C)C)=NOCC(=O)N1CCCCC1. The van der Waals surface area contributed by atoms with E-state index >= 15 is 0 Å². The van der Waals surface area contributed by atoms with Crippen LogP contribution in [0.5, 0.6) is 0 Å². The average molecular weight is 625 g/mol. The highest BCUT2D eigenvalue weighted by Gasteiger charge is 2.38. The number of likely N-dealkylation sites (tertiary alicyclic amines) is 1. The third-order valence-electron chi connectivity index (χ3n) is 8.36. The summed E-state index contributed by atoms with van der Waals surface area (Å²) < 4.78 is 12.4. The Morgan fingerprint density at radius 3 is 2.41 bits per heavy atom. The predicted molar refractivity (Wildman–Crippen MR) is 184 cm³/mol. The summed E-state index contributed by atoms with van der Waals surface area (Å²) in [6, 6.07) is 3.98. The minimum absolute atomic E-state index is 0.0560. The number of benzene rings is 1. The maximum absolute atomic E-state index is 13.3. The Balaban J connectivity index is 2.36. The lowest BCUT2D eigenvalue weighted by molar-refractivity contribution is -0.137. The van der Waals surface area contributed by atoms with E-state index < -0.39 is 8.32 Å². The van der Waals surface area contributed by atoms with Gasteiger partial charge in [0.05, 0.1) is 17.4 Å². The van der Waals surface area contributed by atoms with Crippen LogP contribution in [-0.4, -0.2) is 62.7 Å². The van der Waals surface area contributed by atoms with Gasteiger partial charge in [-0.05, 0) is 88.7 Å². The first-order valence-electron chi connectivity index (χ1n) is 16.0. The highest BCUT2D eigenvalue weighted by molar-refractivity contribution is 6.74. The van der Waals surface area contributed by atoms with Gasteiger partial charge in [0.15, 0.2) is 14.9 Å². The fraction of sp³-hybridized carbons (Fsp3) is 0.583. The van der Waals surface area contributed by atoms with E-state index in [2.05, 4.69) is 51.7 Å². The molecule has 1 heterocycles. The molecule has 44 heavy (non-hydrogen) atoms. The van der Waals surface area contributed by atoms with Crippen molar-refractivity contribution in [1.29, 1.82) is 0 Å². The minimum Gasteiger partial charge on any atom is -0.459 e. The zero-order valence-corrected chi connectivity index (χ0v) is 29.7. The Kier molecular flexibility index (Phi) is 14.8. The summed E-state index contributed by atoms with van der Waals surface area (Å²) in [4.78, 5) is 33.6. The Labute approximate surface area is 267 Å². The van der Waals surface area contributed by atoms with Gasteiger partial charge in [-0.15, -0.1) is 6.58 Å². The number of carbonyl (C=O) groups excluding carboxylic acids is 2. The van der Waals surface area contributed by atoms with Gasteiger partial charge in [-0.2, -0.15) is 0 Å². The first-order valence-corrected chi connectivity index (χ1v) is 18.9. The van der Waals surface area contributed by atoms with E-state index in [0.29, 0.717) is 30.5 Å². The number of carbonyl (C=O) groups is 2. The molecule has 0 aliphatic carbocycles. The third kappa shape index (κ3) is 11.8. The summed E-state index contributed by atoms with van der Waals surface area (Å²) in [6.45, 7) is 24.2. The van der Waals surface area contributed by atoms with Gasteiger partial charge in [-0.25, -0.2) is 4.79 Å². The number of hydrogen-bond acceptors (Lipinski definition) is 6. The second-order valence-electron chi connectivity index (χ2n) is 13.4. The second kappa shape index (κ2) is 17.5. The van der Waals surface area contributed by atoms with Crippen molar-refractivity contribution in [2.45, 2.75) is 117 Å². The second-order valence-corrected chi connectivity index (χ2v) is 18.2. The Bertz CT molecular complexity index is 1210. The molecule has 2 rings (SSSR count). The predicted octanol–water partition coefficient (Wildman–Crippen LogP) is 8.27. The number of rotatable bonds is 15. The smallest absolute Gasteiger partial charge is 0.338 e. The van der Waals surface area contributed by atoms with Crippen LogP contribution in [0.25, 0.3) is 0 Å². The molecule has 1 aromatic carbocycles. The first-order chi connectivity index (χ1) is 20.7. The van der Waals surface area contributed by atoms with Crippen LogP contribution in [0, 0.1) is 13.8 Å². The summed E-state index contributed by atoms with van der Waals surface area (Å²) in [6.07, 6.45) is 14.2. The van der Waals surface area contributed by atoms with E-state index in [4.69, 9.17) is 14.0 Å². The standard InChI is InChI=1S/C36H56N2O5Si/c1-11-17-29(5)42-35(40)34-28(4)23-27(3)24-30(34)25-31(37-41-26-33(39)38-21-14-13-15-22-38)19-16-20-32(18-12-2)43-44(9,10)36(6,7)8/h11-12,16,18-19,23-24,29,32H,1,13-15,17,20-22,25-26H2,2-10H3/b18-12+,19-16+,37-31?/t29-,32-/m1/s1. The van der Waals surface area contributed by atoms with Crippen LogP contribution in [0.15, 0.2) is 54.2 Å². The number of allylic oxidation sites excluding steroid dienone is 2. The lowest BCUT2D eigenvalue weighted by Crippen LogP contribution is -2.43. The number of esters is 1. The summed E-state index contributed by atoms with van der Waals surface area (Å²) in [5.41, 5.74) is 3.83. The van der Waals surface area contributed by atoms with E-state index in [1.807, 2.05) is 63.0 Å². The molecule has 1 saturated heterocycles. The molecule has 2 atom stereocenters. The molecule has 1 aliphatic rings. The van der Waals surface area contributed by atoms with Crippen molar-refractivity contribution < 1.29 is 23.6 Å². The lowest BCUT2D eigenvalue weighted by atomic mass is 9.95. The van der Waals surface area contributed by atoms with E-state index in [1.165, 1.54) is 0 Å². The summed E-state index contributed by atoms with van der Waals surface area (Å²) >= 11 is 0. The molecule has 1 aliphatic heterocycles. The van der Waals surface area contributed by atoms with E-state index in [-0.39, 0.29) is 35.7 Å². The van der Waals surface area contributed by atoms with E-state index in [0.717, 1.165) is 49.0 Å². The largest absolute Gasteiger partial charge is 0.459 e. The monoisotopic (exact) mass is 624 g/mol. The molecular formula is C36H56N2O5Si. The van der Waals surface area contributed by atoms with Gasteiger partial charge >= 0.3 is 5.97 Å². The lowest BCUT2D eigenvalue weighted by Gasteiger charge is -2.38. The topological polar surface area (TPSA) is 77.4 Å². The van der Waals surface area contributed by atoms with Crippen LogP contribution in [0.3, 0.4) is 0 Å². The number of ether oxygens (including phenoxy) is 1. The van der Waals surface area contributed by atoms with Crippen LogP contribution in [0.1, 0.15) is 93.8 Å². The van der Waals surface area contributed by atoms with Crippen molar-refractivity contribution in [3.63, 3.8) is 0 Å². The van der Waals surface area contributed by atoms with Gasteiger partial charge in [-0.1, -0.05) is 67.9 Å². The number of hydrogen-bond donors (Lipinski definition) is 0. The van der Waals surface area contributed by atoms with Crippen LogP contribution >= 0.6 is 0 Å². The van der Waals surface area contributed by atoms with Gasteiger partial charge in [0.2, 0.25) is 0 Å². The summed E-state index contributed by atoms with van der Waals surface area (Å²) in [5.74, 6) is -0.424. The molecule has 1 fully saturated rings. The molecule has 0 aromatic heterocycles. The quantitative estimate of drug-likeness (QED) is 0.0645. The maximum Gasteiger partial charge on any atom is 0.338 e. The Hall–Kier alpha value is -2.97. The summed E-state index contributed by atoms with van der Waals surface area (Å²) in [7, 11) is -1.99. The molecule has 0 spiro atoms. The van der Waals surface area contributed by atoms with E-state index in [1.54, 1.807) is 6.08 Å². The molecule has 244 valence electrons. The highest BCUT2D eigenvalue weighted by Crippen LogP contribution is 2.37. The maximum atomic E-state index is 13.3. The molecule has 1 amide bonds. The van der Waals surface area contributed by atoms with Crippen molar-refractivity contribution in [1.82, 2.24) is 4.90 Å². The number of nitrogens with zero attached hydrogens (tertiary/aromatic N) is 2.